The fourth-order valence-electron chi connectivity index (χ4n) is 2.76. The minimum Gasteiger partial charge on any atom is -0.387 e. The molecule has 2 aromatic rings. The Hall–Kier alpha value is -1.32. The van der Waals surface area contributed by atoms with E-state index in [2.05, 4.69) is 23.8 Å². The van der Waals surface area contributed by atoms with Gasteiger partial charge in [-0.25, -0.2) is 23.8 Å². The van der Waals surface area contributed by atoms with Crippen LogP contribution in [0.4, 0.5) is 5.82 Å². The predicted molar refractivity (Wildman–Crippen MR) is 99.3 cm³/mol. The zero-order valence-electron chi connectivity index (χ0n) is 15.2. The summed E-state index contributed by atoms with van der Waals surface area (Å²) in [5.74, 6) is -1.66. The molecule has 0 amide bonds. The van der Waals surface area contributed by atoms with Crippen molar-refractivity contribution < 1.29 is 57.1 Å². The van der Waals surface area contributed by atoms with Gasteiger partial charge >= 0.3 is 23.0 Å². The van der Waals surface area contributed by atoms with Crippen molar-refractivity contribution in [1.82, 2.24) is 19.5 Å². The zero-order chi connectivity index (χ0) is 23.2. The number of aromatic nitrogens is 4. The molecular formula is C11H18N5O12P3. The Morgan fingerprint density at radius 1 is 1.10 bits per heavy atom. The fraction of sp³-hybridized carbons (Fsp3) is 0.545. The van der Waals surface area contributed by atoms with Gasteiger partial charge in [-0.2, -0.15) is 0 Å². The lowest BCUT2D eigenvalue weighted by molar-refractivity contribution is -0.0501. The van der Waals surface area contributed by atoms with E-state index in [4.69, 9.17) is 20.3 Å². The summed E-state index contributed by atoms with van der Waals surface area (Å²) in [5.41, 5.74) is 6.04. The number of rotatable bonds is 8. The number of aliphatic hydroxyl groups is 2. The molecule has 3 rings (SSSR count). The summed E-state index contributed by atoms with van der Waals surface area (Å²) < 4.78 is 49.4. The summed E-state index contributed by atoms with van der Waals surface area (Å²) in [5, 5.41) is 20.5. The Kier molecular flexibility index (Phi) is 6.71. The first-order chi connectivity index (χ1) is 14.2. The lowest BCUT2D eigenvalue weighted by Crippen LogP contribution is -2.33. The Bertz CT molecular complexity index is 1110. The van der Waals surface area contributed by atoms with Crippen LogP contribution < -0.4 is 5.73 Å². The van der Waals surface area contributed by atoms with E-state index in [9.17, 15) is 33.7 Å². The third-order valence-electron chi connectivity index (χ3n) is 3.99. The van der Waals surface area contributed by atoms with E-state index in [1.807, 2.05) is 0 Å². The molecule has 1 aliphatic heterocycles. The third-order valence-corrected chi connectivity index (χ3v) is 9.22. The van der Waals surface area contributed by atoms with Crippen molar-refractivity contribution >= 4 is 40.0 Å². The van der Waals surface area contributed by atoms with Crippen LogP contribution in [0.15, 0.2) is 12.7 Å². The van der Waals surface area contributed by atoms with Gasteiger partial charge in [0.15, 0.2) is 23.6 Å². The van der Waals surface area contributed by atoms with Gasteiger partial charge in [0, 0.05) is 0 Å². The topological polar surface area (TPSA) is 270 Å². The first-order valence-corrected chi connectivity index (χ1v) is 13.2. The Labute approximate surface area is 172 Å². The second-order valence-electron chi connectivity index (χ2n) is 6.42. The molecule has 0 saturated carbocycles. The van der Waals surface area contributed by atoms with E-state index in [0.717, 1.165) is 6.33 Å². The molecule has 0 aliphatic carbocycles. The number of phosphoric ester groups is 1. The zero-order valence-corrected chi connectivity index (χ0v) is 17.9. The maximum Gasteiger partial charge on any atom is 0.479 e. The van der Waals surface area contributed by atoms with Crippen LogP contribution in [-0.4, -0.2) is 80.1 Å². The van der Waals surface area contributed by atoms with Gasteiger partial charge in [-0.05, 0) is 0 Å². The number of nitrogens with zero attached hydrogens (tertiary/aromatic N) is 4. The second kappa shape index (κ2) is 8.56. The number of ether oxygens (including phenoxy) is 1. The van der Waals surface area contributed by atoms with Gasteiger partial charge in [-0.15, -0.1) is 0 Å². The maximum atomic E-state index is 11.9. The number of nitrogens with two attached hydrogens (primary N) is 1. The lowest BCUT2D eigenvalue weighted by atomic mass is 10.1. The summed E-state index contributed by atoms with van der Waals surface area (Å²) >= 11 is 0. The van der Waals surface area contributed by atoms with Crippen molar-refractivity contribution in [2.45, 2.75) is 24.5 Å². The minimum atomic E-state index is -5.31. The summed E-state index contributed by atoms with van der Waals surface area (Å²) in [7, 11) is -15.6. The van der Waals surface area contributed by atoms with Crippen LogP contribution >= 0.6 is 23.0 Å². The minimum absolute atomic E-state index is 0.0544. The number of fused-ring (bicyclic) bond motifs is 1. The highest BCUT2D eigenvalue weighted by molar-refractivity contribution is 7.73. The first kappa shape index (κ1) is 24.3. The summed E-state index contributed by atoms with van der Waals surface area (Å²) in [6.07, 6.45) is -3.54. The molecule has 0 radical (unpaired) electrons. The molecule has 20 heteroatoms. The van der Waals surface area contributed by atoms with E-state index in [1.165, 1.54) is 10.9 Å². The fourth-order valence-corrected chi connectivity index (χ4v) is 7.11. The molecular weight excluding hydrogens is 487 g/mol. The molecule has 6 atom stereocenters. The number of hydrogen-bond acceptors (Lipinski definition) is 12. The molecule has 174 valence electrons. The SMILES string of the molecule is Nc1ncnc2c1ncn2[C@H]1O[C@@H](COP(=O)(O)OP(=O)(O)CP(=O)(O)O)[C@H](O)[C@@H]1O. The molecule has 2 aromatic heterocycles. The molecule has 0 aromatic carbocycles. The van der Waals surface area contributed by atoms with Gasteiger partial charge in [0.1, 0.15) is 30.2 Å². The van der Waals surface area contributed by atoms with Crippen LogP contribution in [0.5, 0.6) is 0 Å². The summed E-state index contributed by atoms with van der Waals surface area (Å²) in [6, 6.07) is 0. The Morgan fingerprint density at radius 2 is 1.77 bits per heavy atom. The van der Waals surface area contributed by atoms with Crippen molar-refractivity contribution in [3.8, 4) is 0 Å². The van der Waals surface area contributed by atoms with Crippen molar-refractivity contribution in [2.75, 3.05) is 18.2 Å². The standard InChI is InChI=1S/C11H18N5O12P3/c12-9-6-10(14-2-13-9)16(3-15-6)11-8(18)7(17)5(27-11)1-26-31(24,25)28-30(22,23)4-29(19,20)21/h2-3,5,7-8,11,17-18H,1,4H2,(H,22,23)(H,24,25)(H2,12,13,14)(H2,19,20,21)/t5-,7-,8-,11-/m0/s1. The average molecular weight is 505 g/mol. The molecule has 1 aliphatic rings. The number of anilines is 1. The van der Waals surface area contributed by atoms with Gasteiger partial charge in [-0.3, -0.25) is 18.2 Å². The van der Waals surface area contributed by atoms with Crippen LogP contribution in [0.2, 0.25) is 0 Å². The molecule has 8 N–H and O–H groups in total. The van der Waals surface area contributed by atoms with E-state index in [-0.39, 0.29) is 17.0 Å². The van der Waals surface area contributed by atoms with E-state index in [1.54, 1.807) is 0 Å². The van der Waals surface area contributed by atoms with Crippen molar-refractivity contribution in [3.63, 3.8) is 0 Å². The Balaban J connectivity index is 1.69. The largest absolute Gasteiger partial charge is 0.479 e. The van der Waals surface area contributed by atoms with Gasteiger partial charge < -0.3 is 40.3 Å². The highest BCUT2D eigenvalue weighted by atomic mass is 31.3. The van der Waals surface area contributed by atoms with Crippen molar-refractivity contribution in [3.05, 3.63) is 12.7 Å². The van der Waals surface area contributed by atoms with Gasteiger partial charge in [0.05, 0.1) is 12.9 Å². The molecule has 2 unspecified atom stereocenters. The van der Waals surface area contributed by atoms with Gasteiger partial charge in [0.25, 0.3) is 0 Å². The number of imidazole rings is 1. The van der Waals surface area contributed by atoms with Crippen molar-refractivity contribution in [1.29, 1.82) is 0 Å². The summed E-state index contributed by atoms with van der Waals surface area (Å²) in [6.45, 7) is -0.901. The third kappa shape index (κ3) is 5.73. The van der Waals surface area contributed by atoms with Gasteiger partial charge in [-0.1, -0.05) is 0 Å². The second-order valence-corrected chi connectivity index (χ2v) is 12.0. The lowest BCUT2D eigenvalue weighted by Gasteiger charge is -2.19. The Morgan fingerprint density at radius 3 is 2.42 bits per heavy atom. The highest BCUT2D eigenvalue weighted by Crippen LogP contribution is 2.65. The van der Waals surface area contributed by atoms with Crippen LogP contribution in [0.25, 0.3) is 11.2 Å². The number of aliphatic hydroxyl groups excluding tert-OH is 2. The monoisotopic (exact) mass is 505 g/mol. The number of nitrogen functional groups attached to an aromatic ring is 1. The maximum absolute atomic E-state index is 11.9. The van der Waals surface area contributed by atoms with E-state index < -0.39 is 60.1 Å². The molecule has 1 fully saturated rings. The van der Waals surface area contributed by atoms with E-state index in [0.29, 0.717) is 0 Å². The van der Waals surface area contributed by atoms with Crippen LogP contribution in [0.1, 0.15) is 6.23 Å². The van der Waals surface area contributed by atoms with Crippen LogP contribution in [0, 0.1) is 0 Å². The quantitative estimate of drug-likeness (QED) is 0.201. The molecule has 17 nitrogen and oxygen atoms in total. The summed E-state index contributed by atoms with van der Waals surface area (Å²) in [4.78, 5) is 48.0. The number of phosphoric acid groups is 1. The molecule has 1 saturated heterocycles. The van der Waals surface area contributed by atoms with Crippen LogP contribution in [0.3, 0.4) is 0 Å². The van der Waals surface area contributed by atoms with Crippen molar-refractivity contribution in [2.24, 2.45) is 0 Å². The molecule has 0 bridgehead atoms. The molecule has 0 spiro atoms. The average Bonchev–Trinajstić information content (AvgIpc) is 3.13. The number of hydrogen-bond donors (Lipinski definition) is 7. The smallest absolute Gasteiger partial charge is 0.387 e. The normalized spacial score (nSPS) is 28.5. The highest BCUT2D eigenvalue weighted by Gasteiger charge is 2.46. The van der Waals surface area contributed by atoms with Crippen LogP contribution in [-0.2, 0) is 27.3 Å². The first-order valence-electron chi connectivity index (χ1n) is 8.19. The molecule has 3 heterocycles. The molecule has 31 heavy (non-hydrogen) atoms. The van der Waals surface area contributed by atoms with E-state index >= 15 is 0 Å². The van der Waals surface area contributed by atoms with Gasteiger partial charge in [0.2, 0.25) is 0 Å². The predicted octanol–water partition coefficient (Wildman–Crippen LogP) is -1.52.